The first-order valence-corrected chi connectivity index (χ1v) is 7.12. The van der Waals surface area contributed by atoms with Gasteiger partial charge < -0.3 is 20.1 Å². The van der Waals surface area contributed by atoms with Crippen LogP contribution in [0.15, 0.2) is 36.4 Å². The van der Waals surface area contributed by atoms with Crippen LogP contribution in [0.1, 0.15) is 0 Å². The summed E-state index contributed by atoms with van der Waals surface area (Å²) in [5.41, 5.74) is 0.753. The summed E-state index contributed by atoms with van der Waals surface area (Å²) in [6, 6.07) is 9.19. The van der Waals surface area contributed by atoms with Crippen LogP contribution in [0.3, 0.4) is 0 Å². The molecule has 0 bridgehead atoms. The average molecular weight is 339 g/mol. The van der Waals surface area contributed by atoms with E-state index in [9.17, 15) is 9.18 Å². The summed E-state index contributed by atoms with van der Waals surface area (Å²) in [7, 11) is 3.04. The van der Waals surface area contributed by atoms with Crippen molar-refractivity contribution in [1.29, 1.82) is 0 Å². The van der Waals surface area contributed by atoms with E-state index in [1.165, 1.54) is 26.4 Å². The van der Waals surface area contributed by atoms with E-state index < -0.39 is 5.82 Å². The Kier molecular flexibility index (Phi) is 5.65. The molecule has 0 fully saturated rings. The number of rotatable bonds is 6. The number of hydrogen-bond donors (Lipinski definition) is 2. The summed E-state index contributed by atoms with van der Waals surface area (Å²) in [4.78, 5) is 11.9. The second-order valence-corrected chi connectivity index (χ2v) is 5.03. The van der Waals surface area contributed by atoms with Gasteiger partial charge in [-0.25, -0.2) is 4.39 Å². The van der Waals surface area contributed by atoms with Crippen molar-refractivity contribution in [2.45, 2.75) is 0 Å². The maximum Gasteiger partial charge on any atom is 0.243 e. The topological polar surface area (TPSA) is 59.6 Å². The van der Waals surface area contributed by atoms with Gasteiger partial charge >= 0.3 is 0 Å². The minimum atomic E-state index is -0.517. The molecule has 2 rings (SSSR count). The van der Waals surface area contributed by atoms with Crippen LogP contribution in [0.25, 0.3) is 0 Å². The molecule has 0 spiro atoms. The molecule has 0 aliphatic rings. The minimum Gasteiger partial charge on any atom is -0.493 e. The van der Waals surface area contributed by atoms with Crippen molar-refractivity contribution in [2.24, 2.45) is 0 Å². The quantitative estimate of drug-likeness (QED) is 0.845. The van der Waals surface area contributed by atoms with Crippen LogP contribution in [-0.4, -0.2) is 26.7 Å². The third-order valence-electron chi connectivity index (χ3n) is 3.04. The molecule has 0 atom stereocenters. The molecule has 1 amide bonds. The lowest BCUT2D eigenvalue weighted by Gasteiger charge is -2.11. The fourth-order valence-corrected chi connectivity index (χ4v) is 2.09. The number of amides is 1. The Labute approximate surface area is 138 Å². The van der Waals surface area contributed by atoms with Crippen molar-refractivity contribution in [3.05, 3.63) is 47.2 Å². The average Bonchev–Trinajstić information content (AvgIpc) is 2.54. The SMILES string of the molecule is COc1ccc(NC(=O)CNc2ccc(Cl)cc2F)cc1OC. The van der Waals surface area contributed by atoms with E-state index >= 15 is 0 Å². The molecule has 0 unspecified atom stereocenters. The molecular formula is C16H16ClFN2O3. The first kappa shape index (κ1) is 16.9. The number of hydrogen-bond acceptors (Lipinski definition) is 4. The second kappa shape index (κ2) is 7.69. The number of benzene rings is 2. The Balaban J connectivity index is 1.97. The summed E-state index contributed by atoms with van der Waals surface area (Å²) in [6.07, 6.45) is 0. The molecule has 5 nitrogen and oxygen atoms in total. The van der Waals surface area contributed by atoms with Crippen LogP contribution < -0.4 is 20.1 Å². The molecule has 7 heteroatoms. The Morgan fingerprint density at radius 1 is 1.13 bits per heavy atom. The smallest absolute Gasteiger partial charge is 0.243 e. The first-order valence-electron chi connectivity index (χ1n) is 6.74. The number of anilines is 2. The molecular weight excluding hydrogens is 323 g/mol. The molecule has 0 saturated heterocycles. The van der Waals surface area contributed by atoms with E-state index in [0.717, 1.165) is 0 Å². The highest BCUT2D eigenvalue weighted by Gasteiger charge is 2.09. The van der Waals surface area contributed by atoms with Gasteiger partial charge in [-0.3, -0.25) is 4.79 Å². The second-order valence-electron chi connectivity index (χ2n) is 4.60. The van der Waals surface area contributed by atoms with Gasteiger partial charge in [0.05, 0.1) is 26.5 Å². The van der Waals surface area contributed by atoms with Gasteiger partial charge in [-0.05, 0) is 30.3 Å². The van der Waals surface area contributed by atoms with E-state index in [-0.39, 0.29) is 18.1 Å². The zero-order valence-electron chi connectivity index (χ0n) is 12.7. The summed E-state index contributed by atoms with van der Waals surface area (Å²) in [5.74, 6) is 0.219. The van der Waals surface area contributed by atoms with Crippen LogP contribution in [0.5, 0.6) is 11.5 Å². The number of halogens is 2. The highest BCUT2D eigenvalue weighted by molar-refractivity contribution is 6.30. The molecule has 2 aromatic carbocycles. The van der Waals surface area contributed by atoms with Gasteiger partial charge in [0, 0.05) is 16.8 Å². The normalized spacial score (nSPS) is 10.1. The van der Waals surface area contributed by atoms with Crippen LogP contribution in [0, 0.1) is 5.82 Å². The highest BCUT2D eigenvalue weighted by Crippen LogP contribution is 2.29. The van der Waals surface area contributed by atoms with Gasteiger partial charge in [-0.15, -0.1) is 0 Å². The van der Waals surface area contributed by atoms with E-state index in [0.29, 0.717) is 22.2 Å². The first-order chi connectivity index (χ1) is 11.0. The number of carbonyl (C=O) groups excluding carboxylic acids is 1. The van der Waals surface area contributed by atoms with Gasteiger partial charge in [0.1, 0.15) is 5.82 Å². The standard InChI is InChI=1S/C16H16ClFN2O3/c1-22-14-6-4-11(8-15(14)23-2)20-16(21)9-19-13-5-3-10(17)7-12(13)18/h3-8,19H,9H2,1-2H3,(H,20,21). The lowest BCUT2D eigenvalue weighted by Crippen LogP contribution is -2.22. The van der Waals surface area contributed by atoms with E-state index in [4.69, 9.17) is 21.1 Å². The lowest BCUT2D eigenvalue weighted by atomic mass is 10.2. The van der Waals surface area contributed by atoms with E-state index in [1.807, 2.05) is 0 Å². The third-order valence-corrected chi connectivity index (χ3v) is 3.27. The number of nitrogens with one attached hydrogen (secondary N) is 2. The van der Waals surface area contributed by atoms with Crippen molar-refractivity contribution in [1.82, 2.24) is 0 Å². The molecule has 0 heterocycles. The molecule has 0 radical (unpaired) electrons. The summed E-state index contributed by atoms with van der Waals surface area (Å²) in [6.45, 7) is -0.0904. The van der Waals surface area contributed by atoms with Gasteiger partial charge in [-0.1, -0.05) is 11.6 Å². The fraction of sp³-hybridized carbons (Fsp3) is 0.188. The molecule has 0 aliphatic heterocycles. The van der Waals surface area contributed by atoms with Crippen LogP contribution in [0.4, 0.5) is 15.8 Å². The highest BCUT2D eigenvalue weighted by atomic mass is 35.5. The summed E-state index contributed by atoms with van der Waals surface area (Å²) < 4.78 is 23.9. The van der Waals surface area contributed by atoms with E-state index in [2.05, 4.69) is 10.6 Å². The molecule has 0 aliphatic carbocycles. The minimum absolute atomic E-state index is 0.0904. The van der Waals surface area contributed by atoms with Gasteiger partial charge in [-0.2, -0.15) is 0 Å². The molecule has 0 aromatic heterocycles. The van der Waals surface area contributed by atoms with Gasteiger partial charge in [0.15, 0.2) is 11.5 Å². The zero-order chi connectivity index (χ0) is 16.8. The largest absolute Gasteiger partial charge is 0.493 e. The Morgan fingerprint density at radius 2 is 1.87 bits per heavy atom. The lowest BCUT2D eigenvalue weighted by molar-refractivity contribution is -0.114. The molecule has 2 N–H and O–H groups in total. The third kappa shape index (κ3) is 4.50. The maximum absolute atomic E-state index is 13.6. The predicted octanol–water partition coefficient (Wildman–Crippen LogP) is 3.55. The van der Waals surface area contributed by atoms with Crippen LogP contribution >= 0.6 is 11.6 Å². The van der Waals surface area contributed by atoms with Crippen molar-refractivity contribution in [3.63, 3.8) is 0 Å². The number of methoxy groups -OCH3 is 2. The fourth-order valence-electron chi connectivity index (χ4n) is 1.93. The predicted molar refractivity (Wildman–Crippen MR) is 88.1 cm³/mol. The monoisotopic (exact) mass is 338 g/mol. The van der Waals surface area contributed by atoms with Gasteiger partial charge in [0.2, 0.25) is 5.91 Å². The number of ether oxygens (including phenoxy) is 2. The van der Waals surface area contributed by atoms with E-state index in [1.54, 1.807) is 24.3 Å². The molecule has 122 valence electrons. The van der Waals surface area contributed by atoms with Crippen molar-refractivity contribution >= 4 is 28.9 Å². The van der Waals surface area contributed by atoms with Crippen LogP contribution in [0.2, 0.25) is 5.02 Å². The Morgan fingerprint density at radius 3 is 2.52 bits per heavy atom. The van der Waals surface area contributed by atoms with Gasteiger partial charge in [0.25, 0.3) is 0 Å². The molecule has 2 aromatic rings. The van der Waals surface area contributed by atoms with Crippen LogP contribution in [-0.2, 0) is 4.79 Å². The Hall–Kier alpha value is -2.47. The van der Waals surface area contributed by atoms with Crippen molar-refractivity contribution in [3.8, 4) is 11.5 Å². The van der Waals surface area contributed by atoms with Crippen molar-refractivity contribution in [2.75, 3.05) is 31.4 Å². The maximum atomic E-state index is 13.6. The Bertz CT molecular complexity index is 710. The molecule has 23 heavy (non-hydrogen) atoms. The van der Waals surface area contributed by atoms with Crippen molar-refractivity contribution < 1.29 is 18.7 Å². The summed E-state index contributed by atoms with van der Waals surface area (Å²) in [5, 5.41) is 5.69. The number of carbonyl (C=O) groups is 1. The zero-order valence-corrected chi connectivity index (χ0v) is 13.4. The molecule has 0 saturated carbocycles. The summed E-state index contributed by atoms with van der Waals surface area (Å²) >= 11 is 5.67.